The topological polar surface area (TPSA) is 103 Å². The Hall–Kier alpha value is -2.57. The molecule has 0 aliphatic carbocycles. The summed E-state index contributed by atoms with van der Waals surface area (Å²) in [6.07, 6.45) is 0. The summed E-state index contributed by atoms with van der Waals surface area (Å²) in [6, 6.07) is 6.64. The molecular weight excluding hydrogens is 224 g/mol. The predicted molar refractivity (Wildman–Crippen MR) is 58.7 cm³/mol. The van der Waals surface area contributed by atoms with Crippen molar-refractivity contribution in [1.82, 2.24) is 15.4 Å². The minimum atomic E-state index is -0.676. The zero-order valence-electron chi connectivity index (χ0n) is 9.01. The van der Waals surface area contributed by atoms with E-state index in [0.29, 0.717) is 11.5 Å². The molecule has 1 heterocycles. The molecule has 7 heteroatoms. The SMILES string of the molecule is COc1cccc(OC(=O)c2n[nH]nc2N)c1. The van der Waals surface area contributed by atoms with Gasteiger partial charge in [0, 0.05) is 6.07 Å². The highest BCUT2D eigenvalue weighted by molar-refractivity contribution is 5.93. The van der Waals surface area contributed by atoms with E-state index in [4.69, 9.17) is 15.2 Å². The van der Waals surface area contributed by atoms with Crippen LogP contribution >= 0.6 is 0 Å². The quantitative estimate of drug-likeness (QED) is 0.595. The number of anilines is 1. The first-order valence-electron chi connectivity index (χ1n) is 4.73. The Morgan fingerprint density at radius 1 is 1.35 bits per heavy atom. The van der Waals surface area contributed by atoms with E-state index < -0.39 is 5.97 Å². The molecule has 2 aromatic rings. The maximum Gasteiger partial charge on any atom is 0.368 e. The van der Waals surface area contributed by atoms with Crippen molar-refractivity contribution < 1.29 is 14.3 Å². The molecular formula is C10H10N4O3. The van der Waals surface area contributed by atoms with Gasteiger partial charge in [0.05, 0.1) is 7.11 Å². The van der Waals surface area contributed by atoms with E-state index in [1.807, 2.05) is 0 Å². The Bertz CT molecular complexity index is 538. The van der Waals surface area contributed by atoms with Crippen LogP contribution in [0.4, 0.5) is 5.82 Å². The zero-order chi connectivity index (χ0) is 12.3. The van der Waals surface area contributed by atoms with E-state index >= 15 is 0 Å². The van der Waals surface area contributed by atoms with Gasteiger partial charge in [-0.3, -0.25) is 0 Å². The largest absolute Gasteiger partial charge is 0.497 e. The van der Waals surface area contributed by atoms with E-state index in [1.165, 1.54) is 7.11 Å². The average molecular weight is 234 g/mol. The highest BCUT2D eigenvalue weighted by atomic mass is 16.5. The van der Waals surface area contributed by atoms with Crippen LogP contribution in [-0.2, 0) is 0 Å². The molecule has 0 spiro atoms. The molecule has 0 aliphatic rings. The summed E-state index contributed by atoms with van der Waals surface area (Å²) >= 11 is 0. The number of esters is 1. The van der Waals surface area contributed by atoms with E-state index in [9.17, 15) is 4.79 Å². The van der Waals surface area contributed by atoms with Crippen molar-refractivity contribution in [2.75, 3.05) is 12.8 Å². The number of ether oxygens (including phenoxy) is 2. The number of nitrogen functional groups attached to an aromatic ring is 1. The third kappa shape index (κ3) is 2.33. The monoisotopic (exact) mass is 234 g/mol. The van der Waals surface area contributed by atoms with Gasteiger partial charge in [-0.05, 0) is 12.1 Å². The van der Waals surface area contributed by atoms with Crippen LogP contribution in [0.1, 0.15) is 10.5 Å². The summed E-state index contributed by atoms with van der Waals surface area (Å²) in [5.74, 6) is 0.252. The van der Waals surface area contributed by atoms with Gasteiger partial charge in [-0.1, -0.05) is 6.07 Å². The summed E-state index contributed by atoms with van der Waals surface area (Å²) < 4.78 is 10.1. The molecule has 0 atom stereocenters. The van der Waals surface area contributed by atoms with Gasteiger partial charge in [-0.2, -0.15) is 5.21 Å². The smallest absolute Gasteiger partial charge is 0.368 e. The lowest BCUT2D eigenvalue weighted by Crippen LogP contribution is -2.11. The van der Waals surface area contributed by atoms with Gasteiger partial charge in [0.2, 0.25) is 5.69 Å². The third-order valence-corrected chi connectivity index (χ3v) is 2.02. The lowest BCUT2D eigenvalue weighted by Gasteiger charge is -2.04. The second kappa shape index (κ2) is 4.52. The van der Waals surface area contributed by atoms with Crippen LogP contribution in [-0.4, -0.2) is 28.5 Å². The van der Waals surface area contributed by atoms with Gasteiger partial charge in [-0.25, -0.2) is 4.79 Å². The molecule has 2 rings (SSSR count). The van der Waals surface area contributed by atoms with Gasteiger partial charge >= 0.3 is 5.97 Å². The highest BCUT2D eigenvalue weighted by Gasteiger charge is 2.16. The number of aromatic nitrogens is 3. The van der Waals surface area contributed by atoms with Crippen LogP contribution in [0.5, 0.6) is 11.5 Å². The molecule has 0 bridgehead atoms. The molecule has 3 N–H and O–H groups in total. The van der Waals surface area contributed by atoms with Crippen LogP contribution in [0.25, 0.3) is 0 Å². The van der Waals surface area contributed by atoms with Crippen molar-refractivity contribution in [3.8, 4) is 11.5 Å². The molecule has 17 heavy (non-hydrogen) atoms. The van der Waals surface area contributed by atoms with Crippen LogP contribution in [0, 0.1) is 0 Å². The minimum absolute atomic E-state index is 0.00195. The fraction of sp³-hybridized carbons (Fsp3) is 0.100. The van der Waals surface area contributed by atoms with Crippen LogP contribution < -0.4 is 15.2 Å². The molecule has 1 aromatic carbocycles. The lowest BCUT2D eigenvalue weighted by atomic mass is 10.3. The number of hydrogen-bond donors (Lipinski definition) is 2. The summed E-state index contributed by atoms with van der Waals surface area (Å²) in [4.78, 5) is 11.6. The number of hydrogen-bond acceptors (Lipinski definition) is 6. The van der Waals surface area contributed by atoms with Gasteiger partial charge < -0.3 is 15.2 Å². The average Bonchev–Trinajstić information content (AvgIpc) is 2.76. The van der Waals surface area contributed by atoms with Crippen molar-refractivity contribution in [3.05, 3.63) is 30.0 Å². The molecule has 0 fully saturated rings. The maximum absolute atomic E-state index is 11.6. The number of carbonyl (C=O) groups excluding carboxylic acids is 1. The van der Waals surface area contributed by atoms with Crippen LogP contribution in [0.15, 0.2) is 24.3 Å². The summed E-state index contributed by atoms with van der Waals surface area (Å²) in [5, 5.41) is 9.35. The normalized spacial score (nSPS) is 9.94. The standard InChI is InChI=1S/C10H10N4O3/c1-16-6-3-2-4-7(5-6)17-10(15)8-9(11)13-14-12-8/h2-5H,1H3,(H3,11,12,13,14). The highest BCUT2D eigenvalue weighted by Crippen LogP contribution is 2.20. The molecule has 88 valence electrons. The number of aromatic amines is 1. The van der Waals surface area contributed by atoms with E-state index in [1.54, 1.807) is 24.3 Å². The van der Waals surface area contributed by atoms with E-state index in [0.717, 1.165) is 0 Å². The molecule has 7 nitrogen and oxygen atoms in total. The van der Waals surface area contributed by atoms with Crippen molar-refractivity contribution in [2.24, 2.45) is 0 Å². The number of carbonyl (C=O) groups is 1. The zero-order valence-corrected chi connectivity index (χ0v) is 9.01. The van der Waals surface area contributed by atoms with Crippen molar-refractivity contribution in [2.45, 2.75) is 0 Å². The van der Waals surface area contributed by atoms with Crippen LogP contribution in [0.3, 0.4) is 0 Å². The molecule has 0 unspecified atom stereocenters. The van der Waals surface area contributed by atoms with Crippen molar-refractivity contribution in [3.63, 3.8) is 0 Å². The Morgan fingerprint density at radius 2 is 2.12 bits per heavy atom. The number of methoxy groups -OCH3 is 1. The fourth-order valence-corrected chi connectivity index (χ4v) is 1.21. The Balaban J connectivity index is 2.16. The maximum atomic E-state index is 11.6. The molecule has 0 radical (unpaired) electrons. The lowest BCUT2D eigenvalue weighted by molar-refractivity contribution is 0.0729. The van der Waals surface area contributed by atoms with Crippen molar-refractivity contribution >= 4 is 11.8 Å². The molecule has 0 aliphatic heterocycles. The molecule has 0 saturated carbocycles. The first-order valence-corrected chi connectivity index (χ1v) is 4.73. The van der Waals surface area contributed by atoms with Gasteiger partial charge in [-0.15, -0.1) is 10.2 Å². The molecule has 0 saturated heterocycles. The number of nitrogens with two attached hydrogens (primary N) is 1. The summed E-state index contributed by atoms with van der Waals surface area (Å²) in [7, 11) is 1.52. The van der Waals surface area contributed by atoms with Gasteiger partial charge in [0.25, 0.3) is 0 Å². The Kier molecular flexibility index (Phi) is 2.91. The van der Waals surface area contributed by atoms with E-state index in [2.05, 4.69) is 15.4 Å². The number of nitrogens with one attached hydrogen (secondary N) is 1. The summed E-state index contributed by atoms with van der Waals surface area (Å²) in [6.45, 7) is 0. The Morgan fingerprint density at radius 3 is 2.76 bits per heavy atom. The predicted octanol–water partition coefficient (Wildman–Crippen LogP) is 0.615. The van der Waals surface area contributed by atoms with Gasteiger partial charge in [0.1, 0.15) is 11.5 Å². The second-order valence-electron chi connectivity index (χ2n) is 3.13. The van der Waals surface area contributed by atoms with Crippen molar-refractivity contribution in [1.29, 1.82) is 0 Å². The van der Waals surface area contributed by atoms with Crippen LogP contribution in [0.2, 0.25) is 0 Å². The number of H-pyrrole nitrogens is 1. The number of benzene rings is 1. The first-order chi connectivity index (χ1) is 8.20. The number of nitrogens with zero attached hydrogens (tertiary/aromatic N) is 2. The molecule has 0 amide bonds. The second-order valence-corrected chi connectivity index (χ2v) is 3.13. The summed E-state index contributed by atoms with van der Waals surface area (Å²) in [5.41, 5.74) is 5.37. The first kappa shape index (κ1) is 10.9. The van der Waals surface area contributed by atoms with E-state index in [-0.39, 0.29) is 11.5 Å². The third-order valence-electron chi connectivity index (χ3n) is 2.02. The van der Waals surface area contributed by atoms with Gasteiger partial charge in [0.15, 0.2) is 5.82 Å². The number of rotatable bonds is 3. The fourth-order valence-electron chi connectivity index (χ4n) is 1.21. The minimum Gasteiger partial charge on any atom is -0.497 e. The Labute approximate surface area is 96.5 Å². The molecule has 1 aromatic heterocycles.